The molecule has 0 bridgehead atoms. The lowest BCUT2D eigenvalue weighted by atomic mass is 9.77. The minimum Gasteiger partial charge on any atom is -0.309 e. The Labute approximate surface area is 117 Å². The highest BCUT2D eigenvalue weighted by Gasteiger charge is 2.35. The lowest BCUT2D eigenvalue weighted by molar-refractivity contribution is 0.0839. The van der Waals surface area contributed by atoms with Gasteiger partial charge in [0, 0.05) is 37.1 Å². The molecule has 1 aromatic rings. The SMILES string of the molecule is CCC1CNC(C)(C)CN1CC1Cc2ccccc21. The zero-order valence-corrected chi connectivity index (χ0v) is 12.4. The number of nitrogens with one attached hydrogen (secondary N) is 1. The van der Waals surface area contributed by atoms with Crippen molar-refractivity contribution in [2.24, 2.45) is 0 Å². The van der Waals surface area contributed by atoms with Crippen LogP contribution in [0.4, 0.5) is 0 Å². The molecule has 1 aliphatic carbocycles. The molecule has 3 rings (SSSR count). The molecule has 1 heterocycles. The predicted octanol–water partition coefficient (Wildman–Crippen LogP) is 2.79. The van der Waals surface area contributed by atoms with E-state index in [-0.39, 0.29) is 5.54 Å². The minimum absolute atomic E-state index is 0.259. The number of piperazine rings is 1. The Morgan fingerprint density at radius 3 is 2.84 bits per heavy atom. The van der Waals surface area contributed by atoms with Gasteiger partial charge in [-0.2, -0.15) is 0 Å². The molecule has 1 N–H and O–H groups in total. The summed E-state index contributed by atoms with van der Waals surface area (Å²) in [5.41, 5.74) is 3.42. The average Bonchev–Trinajstić information content (AvgIpc) is 2.35. The summed E-state index contributed by atoms with van der Waals surface area (Å²) in [5.74, 6) is 0.763. The molecule has 2 aliphatic rings. The maximum atomic E-state index is 3.68. The monoisotopic (exact) mass is 258 g/mol. The van der Waals surface area contributed by atoms with Crippen LogP contribution in [0.15, 0.2) is 24.3 Å². The Kier molecular flexibility index (Phi) is 3.40. The van der Waals surface area contributed by atoms with Gasteiger partial charge in [0.05, 0.1) is 0 Å². The van der Waals surface area contributed by atoms with Crippen LogP contribution in [0.1, 0.15) is 44.2 Å². The Balaban J connectivity index is 1.69. The number of nitrogens with zero attached hydrogens (tertiary/aromatic N) is 1. The molecule has 0 radical (unpaired) electrons. The Hall–Kier alpha value is -0.860. The topological polar surface area (TPSA) is 15.3 Å². The molecule has 0 spiro atoms. The van der Waals surface area contributed by atoms with E-state index in [9.17, 15) is 0 Å². The highest BCUT2D eigenvalue weighted by atomic mass is 15.2. The van der Waals surface area contributed by atoms with Gasteiger partial charge >= 0.3 is 0 Å². The highest BCUT2D eigenvalue weighted by Crippen LogP contribution is 2.36. The molecule has 104 valence electrons. The van der Waals surface area contributed by atoms with Gasteiger partial charge in [0.15, 0.2) is 0 Å². The zero-order chi connectivity index (χ0) is 13.5. The van der Waals surface area contributed by atoms with Crippen LogP contribution in [0.25, 0.3) is 0 Å². The van der Waals surface area contributed by atoms with Crippen molar-refractivity contribution in [3.05, 3.63) is 35.4 Å². The number of hydrogen-bond donors (Lipinski definition) is 1. The van der Waals surface area contributed by atoms with Crippen molar-refractivity contribution < 1.29 is 0 Å². The predicted molar refractivity (Wildman–Crippen MR) is 80.6 cm³/mol. The quantitative estimate of drug-likeness (QED) is 0.897. The van der Waals surface area contributed by atoms with Crippen LogP contribution in [-0.2, 0) is 6.42 Å². The molecule has 2 nitrogen and oxygen atoms in total. The first-order valence-corrected chi connectivity index (χ1v) is 7.66. The van der Waals surface area contributed by atoms with Crippen LogP contribution in [0, 0.1) is 0 Å². The summed E-state index contributed by atoms with van der Waals surface area (Å²) in [6.07, 6.45) is 2.52. The summed E-state index contributed by atoms with van der Waals surface area (Å²) in [7, 11) is 0. The molecule has 2 unspecified atom stereocenters. The van der Waals surface area contributed by atoms with Crippen LogP contribution >= 0.6 is 0 Å². The van der Waals surface area contributed by atoms with Crippen molar-refractivity contribution >= 4 is 0 Å². The van der Waals surface area contributed by atoms with Crippen LogP contribution in [0.2, 0.25) is 0 Å². The van der Waals surface area contributed by atoms with E-state index in [0.717, 1.165) is 12.5 Å². The van der Waals surface area contributed by atoms with Crippen molar-refractivity contribution in [3.63, 3.8) is 0 Å². The Morgan fingerprint density at radius 2 is 2.11 bits per heavy atom. The normalized spacial score (nSPS) is 29.6. The minimum atomic E-state index is 0.259. The molecule has 1 fully saturated rings. The van der Waals surface area contributed by atoms with Gasteiger partial charge in [-0.3, -0.25) is 4.90 Å². The van der Waals surface area contributed by atoms with E-state index in [1.54, 1.807) is 11.1 Å². The molecular formula is C17H26N2. The summed E-state index contributed by atoms with van der Waals surface area (Å²) >= 11 is 0. The smallest absolute Gasteiger partial charge is 0.0252 e. The van der Waals surface area contributed by atoms with Crippen molar-refractivity contribution in [3.8, 4) is 0 Å². The summed E-state index contributed by atoms with van der Waals surface area (Å²) in [4.78, 5) is 2.72. The second-order valence-corrected chi connectivity index (χ2v) is 6.86. The summed E-state index contributed by atoms with van der Waals surface area (Å²) < 4.78 is 0. The van der Waals surface area contributed by atoms with E-state index in [0.29, 0.717) is 6.04 Å². The lowest BCUT2D eigenvalue weighted by Crippen LogP contribution is -2.62. The van der Waals surface area contributed by atoms with Gasteiger partial charge in [0.25, 0.3) is 0 Å². The van der Waals surface area contributed by atoms with Crippen molar-refractivity contribution in [1.82, 2.24) is 10.2 Å². The fraction of sp³-hybridized carbons (Fsp3) is 0.647. The van der Waals surface area contributed by atoms with E-state index in [1.807, 2.05) is 0 Å². The molecule has 2 heteroatoms. The lowest BCUT2D eigenvalue weighted by Gasteiger charge is -2.47. The van der Waals surface area contributed by atoms with Gasteiger partial charge in [0.1, 0.15) is 0 Å². The third-order valence-corrected chi connectivity index (χ3v) is 4.82. The molecule has 19 heavy (non-hydrogen) atoms. The molecule has 0 aromatic heterocycles. The Bertz CT molecular complexity index is 452. The highest BCUT2D eigenvalue weighted by molar-refractivity contribution is 5.40. The number of fused-ring (bicyclic) bond motifs is 1. The first-order chi connectivity index (χ1) is 9.09. The van der Waals surface area contributed by atoms with Crippen molar-refractivity contribution in [2.45, 2.75) is 51.1 Å². The summed E-state index contributed by atoms with van der Waals surface area (Å²) in [6, 6.07) is 9.66. The first kappa shape index (κ1) is 13.1. The number of benzene rings is 1. The van der Waals surface area contributed by atoms with E-state index in [1.165, 1.54) is 25.9 Å². The van der Waals surface area contributed by atoms with Crippen molar-refractivity contribution in [2.75, 3.05) is 19.6 Å². The van der Waals surface area contributed by atoms with Gasteiger partial charge in [-0.25, -0.2) is 0 Å². The molecular weight excluding hydrogens is 232 g/mol. The maximum Gasteiger partial charge on any atom is 0.0252 e. The van der Waals surface area contributed by atoms with Crippen LogP contribution in [0.3, 0.4) is 0 Å². The van der Waals surface area contributed by atoms with Crippen molar-refractivity contribution in [1.29, 1.82) is 0 Å². The zero-order valence-electron chi connectivity index (χ0n) is 12.4. The van der Waals surface area contributed by atoms with Gasteiger partial charge in [-0.05, 0) is 37.8 Å². The maximum absolute atomic E-state index is 3.68. The van der Waals surface area contributed by atoms with Gasteiger partial charge in [-0.1, -0.05) is 31.2 Å². The Morgan fingerprint density at radius 1 is 1.32 bits per heavy atom. The number of rotatable bonds is 3. The number of hydrogen-bond acceptors (Lipinski definition) is 2. The largest absolute Gasteiger partial charge is 0.309 e. The summed E-state index contributed by atoms with van der Waals surface area (Å²) in [5, 5.41) is 3.68. The second kappa shape index (κ2) is 4.92. The standard InChI is InChI=1S/C17H26N2/c1-4-15-10-18-17(2,3)12-19(15)11-14-9-13-7-5-6-8-16(13)14/h5-8,14-15,18H,4,9-12H2,1-3H3. The van der Waals surface area contributed by atoms with E-state index >= 15 is 0 Å². The molecule has 1 aromatic carbocycles. The van der Waals surface area contributed by atoms with Crippen LogP contribution < -0.4 is 5.32 Å². The molecule has 1 aliphatic heterocycles. The second-order valence-electron chi connectivity index (χ2n) is 6.86. The van der Waals surface area contributed by atoms with Crippen LogP contribution in [0.5, 0.6) is 0 Å². The first-order valence-electron chi connectivity index (χ1n) is 7.66. The van der Waals surface area contributed by atoms with Crippen LogP contribution in [-0.4, -0.2) is 36.1 Å². The average molecular weight is 258 g/mol. The molecule has 0 saturated carbocycles. The van der Waals surface area contributed by atoms with Gasteiger partial charge in [-0.15, -0.1) is 0 Å². The van der Waals surface area contributed by atoms with Gasteiger partial charge in [0.2, 0.25) is 0 Å². The molecule has 1 saturated heterocycles. The summed E-state index contributed by atoms with van der Waals surface area (Å²) in [6.45, 7) is 10.5. The van der Waals surface area contributed by atoms with Gasteiger partial charge < -0.3 is 5.32 Å². The molecule has 0 amide bonds. The van der Waals surface area contributed by atoms with E-state index < -0.39 is 0 Å². The fourth-order valence-corrected chi connectivity index (χ4v) is 3.64. The van der Waals surface area contributed by atoms with E-state index in [2.05, 4.69) is 55.3 Å². The van der Waals surface area contributed by atoms with E-state index in [4.69, 9.17) is 0 Å². The fourth-order valence-electron chi connectivity index (χ4n) is 3.64. The molecule has 2 atom stereocenters. The third kappa shape index (κ3) is 2.56. The third-order valence-electron chi connectivity index (χ3n) is 4.82.